The number of hydrogen-bond donors (Lipinski definition) is 1. The van der Waals surface area contributed by atoms with Gasteiger partial charge in [-0.15, -0.1) is 0 Å². The second-order valence-electron chi connectivity index (χ2n) is 6.24. The van der Waals surface area contributed by atoms with Crippen LogP contribution in [0.3, 0.4) is 0 Å². The average Bonchev–Trinajstić information content (AvgIpc) is 2.65. The average molecular weight is 389 g/mol. The maximum Gasteiger partial charge on any atom is 0.253 e. The molecule has 1 aliphatic rings. The van der Waals surface area contributed by atoms with Crippen molar-refractivity contribution in [2.24, 2.45) is 0 Å². The first-order valence-electron chi connectivity index (χ1n) is 8.88. The van der Waals surface area contributed by atoms with Gasteiger partial charge in [0, 0.05) is 44.1 Å². The minimum Gasteiger partial charge on any atom is -0.348 e. The van der Waals surface area contributed by atoms with E-state index in [1.54, 1.807) is 49.3 Å². The zero-order valence-electron chi connectivity index (χ0n) is 15.4. The van der Waals surface area contributed by atoms with E-state index >= 15 is 0 Å². The number of anilines is 1. The van der Waals surface area contributed by atoms with Crippen molar-refractivity contribution in [3.63, 3.8) is 0 Å². The Morgan fingerprint density at radius 3 is 2.30 bits per heavy atom. The molecule has 1 aromatic carbocycles. The van der Waals surface area contributed by atoms with E-state index < -0.39 is 10.0 Å². The Hall–Kier alpha value is -2.52. The molecule has 0 saturated carbocycles. The molecule has 3 rings (SSSR count). The van der Waals surface area contributed by atoms with Crippen molar-refractivity contribution in [2.45, 2.75) is 24.8 Å². The van der Waals surface area contributed by atoms with Crippen molar-refractivity contribution < 1.29 is 13.2 Å². The van der Waals surface area contributed by atoms with Gasteiger partial charge in [0.2, 0.25) is 16.0 Å². The molecule has 2 heterocycles. The molecule has 1 amide bonds. The predicted octanol–water partition coefficient (Wildman–Crippen LogP) is 1.44. The minimum absolute atomic E-state index is 0.110. The quantitative estimate of drug-likeness (QED) is 0.770. The van der Waals surface area contributed by atoms with Gasteiger partial charge in [0.1, 0.15) is 0 Å². The summed E-state index contributed by atoms with van der Waals surface area (Å²) in [6.07, 6.45) is 3.31. The fourth-order valence-electron chi connectivity index (χ4n) is 2.96. The lowest BCUT2D eigenvalue weighted by molar-refractivity contribution is 0.0624. The summed E-state index contributed by atoms with van der Waals surface area (Å²) < 4.78 is 26.4. The smallest absolute Gasteiger partial charge is 0.253 e. The summed E-state index contributed by atoms with van der Waals surface area (Å²) >= 11 is 0. The number of nitrogens with zero attached hydrogens (tertiary/aromatic N) is 4. The first-order chi connectivity index (χ1) is 13.0. The number of carbonyl (C=O) groups excluding carboxylic acids is 1. The molecule has 9 heteroatoms. The molecule has 0 spiro atoms. The van der Waals surface area contributed by atoms with E-state index in [-0.39, 0.29) is 16.8 Å². The van der Waals surface area contributed by atoms with Crippen LogP contribution in [0.25, 0.3) is 0 Å². The lowest BCUT2D eigenvalue weighted by Gasteiger charge is -2.39. The van der Waals surface area contributed by atoms with Gasteiger partial charge in [0.05, 0.1) is 10.9 Å². The highest BCUT2D eigenvalue weighted by Gasteiger charge is 2.32. The standard InChI is InChI=1S/C18H23N5O3S/c1-3-23(4-2)27(25,26)16-8-6-14(7-9-16)17(24)22-12-15(13-22)21-18-19-10-5-11-20-18/h5-11,15H,3-4,12-13H2,1-2H3,(H,19,20,21). The normalized spacial score (nSPS) is 14.9. The molecule has 144 valence electrons. The second-order valence-corrected chi connectivity index (χ2v) is 8.18. The molecule has 1 N–H and O–H groups in total. The maximum atomic E-state index is 12.5. The van der Waals surface area contributed by atoms with Gasteiger partial charge in [-0.25, -0.2) is 18.4 Å². The molecule has 0 bridgehead atoms. The van der Waals surface area contributed by atoms with Crippen LogP contribution in [-0.4, -0.2) is 65.7 Å². The second kappa shape index (κ2) is 8.01. The highest BCUT2D eigenvalue weighted by atomic mass is 32.2. The number of aromatic nitrogens is 2. The molecule has 2 aromatic rings. The van der Waals surface area contributed by atoms with Crippen molar-refractivity contribution >= 4 is 21.9 Å². The van der Waals surface area contributed by atoms with Crippen molar-refractivity contribution in [1.82, 2.24) is 19.2 Å². The summed E-state index contributed by atoms with van der Waals surface area (Å²) in [5.74, 6) is 0.425. The fraction of sp³-hybridized carbons (Fsp3) is 0.389. The van der Waals surface area contributed by atoms with Gasteiger partial charge in [0.25, 0.3) is 5.91 Å². The largest absolute Gasteiger partial charge is 0.348 e. The number of sulfonamides is 1. The number of carbonyl (C=O) groups is 1. The van der Waals surface area contributed by atoms with Crippen molar-refractivity contribution in [3.05, 3.63) is 48.3 Å². The third-order valence-corrected chi connectivity index (χ3v) is 6.58. The molecular formula is C18H23N5O3S. The first kappa shape index (κ1) is 19.2. The summed E-state index contributed by atoms with van der Waals surface area (Å²) in [4.78, 5) is 22.6. The molecule has 0 radical (unpaired) electrons. The molecule has 8 nitrogen and oxygen atoms in total. The monoisotopic (exact) mass is 389 g/mol. The Balaban J connectivity index is 1.60. The zero-order chi connectivity index (χ0) is 19.4. The molecule has 0 unspecified atom stereocenters. The van der Waals surface area contributed by atoms with Crippen LogP contribution < -0.4 is 5.32 Å². The van der Waals surface area contributed by atoms with Gasteiger partial charge in [-0.2, -0.15) is 4.31 Å². The van der Waals surface area contributed by atoms with Gasteiger partial charge >= 0.3 is 0 Å². The van der Waals surface area contributed by atoms with Crippen molar-refractivity contribution in [1.29, 1.82) is 0 Å². The van der Waals surface area contributed by atoms with Crippen LogP contribution in [0.2, 0.25) is 0 Å². The molecule has 0 atom stereocenters. The minimum atomic E-state index is -3.51. The Bertz CT molecular complexity index is 877. The van der Waals surface area contributed by atoms with E-state index in [0.717, 1.165) is 0 Å². The number of hydrogen-bond acceptors (Lipinski definition) is 6. The van der Waals surface area contributed by atoms with Crippen LogP contribution >= 0.6 is 0 Å². The number of amides is 1. The van der Waals surface area contributed by atoms with E-state index in [1.165, 1.54) is 16.4 Å². The number of likely N-dealkylation sites (tertiary alicyclic amines) is 1. The van der Waals surface area contributed by atoms with Crippen LogP contribution in [0.5, 0.6) is 0 Å². The summed E-state index contributed by atoms with van der Waals surface area (Å²) in [6.45, 7) is 5.52. The summed E-state index contributed by atoms with van der Waals surface area (Å²) in [5.41, 5.74) is 0.475. The van der Waals surface area contributed by atoms with Gasteiger partial charge in [-0.05, 0) is 30.3 Å². The summed E-state index contributed by atoms with van der Waals surface area (Å²) in [5, 5.41) is 3.17. The molecule has 0 aliphatic carbocycles. The van der Waals surface area contributed by atoms with E-state index in [9.17, 15) is 13.2 Å². The molecule has 27 heavy (non-hydrogen) atoms. The lowest BCUT2D eigenvalue weighted by atomic mass is 10.1. The highest BCUT2D eigenvalue weighted by Crippen LogP contribution is 2.19. The van der Waals surface area contributed by atoms with Gasteiger partial charge < -0.3 is 10.2 Å². The van der Waals surface area contributed by atoms with Crippen LogP contribution in [0.1, 0.15) is 24.2 Å². The lowest BCUT2D eigenvalue weighted by Crippen LogP contribution is -2.57. The summed E-state index contributed by atoms with van der Waals surface area (Å²) in [7, 11) is -3.51. The van der Waals surface area contributed by atoms with E-state index in [2.05, 4.69) is 15.3 Å². The number of rotatable bonds is 7. The van der Waals surface area contributed by atoms with Crippen LogP contribution in [0, 0.1) is 0 Å². The molecule has 1 aromatic heterocycles. The van der Waals surface area contributed by atoms with Gasteiger partial charge in [-0.3, -0.25) is 4.79 Å². The third kappa shape index (κ3) is 4.09. The van der Waals surface area contributed by atoms with Gasteiger partial charge in [-0.1, -0.05) is 13.8 Å². The predicted molar refractivity (Wildman–Crippen MR) is 102 cm³/mol. The molecule has 1 aliphatic heterocycles. The number of benzene rings is 1. The highest BCUT2D eigenvalue weighted by molar-refractivity contribution is 7.89. The molecule has 1 fully saturated rings. The van der Waals surface area contributed by atoms with Crippen molar-refractivity contribution in [3.8, 4) is 0 Å². The Morgan fingerprint density at radius 2 is 1.74 bits per heavy atom. The summed E-state index contributed by atoms with van der Waals surface area (Å²) in [6, 6.07) is 7.98. The Labute approximate surface area is 159 Å². The Morgan fingerprint density at radius 1 is 1.15 bits per heavy atom. The van der Waals surface area contributed by atoms with Crippen molar-refractivity contribution in [2.75, 3.05) is 31.5 Å². The van der Waals surface area contributed by atoms with Crippen LogP contribution in [-0.2, 0) is 10.0 Å². The van der Waals surface area contributed by atoms with Crippen LogP contribution in [0.15, 0.2) is 47.6 Å². The SMILES string of the molecule is CCN(CC)S(=O)(=O)c1ccc(C(=O)N2CC(Nc3ncccn3)C2)cc1. The van der Waals surface area contributed by atoms with E-state index in [1.807, 2.05) is 0 Å². The molecule has 1 saturated heterocycles. The van der Waals surface area contributed by atoms with E-state index in [4.69, 9.17) is 0 Å². The van der Waals surface area contributed by atoms with Crippen LogP contribution in [0.4, 0.5) is 5.95 Å². The Kier molecular flexibility index (Phi) is 5.71. The topological polar surface area (TPSA) is 95.5 Å². The first-order valence-corrected chi connectivity index (χ1v) is 10.3. The molecular weight excluding hydrogens is 366 g/mol. The van der Waals surface area contributed by atoms with Gasteiger partial charge in [0.15, 0.2) is 0 Å². The third-order valence-electron chi connectivity index (χ3n) is 4.51. The van der Waals surface area contributed by atoms with E-state index in [0.29, 0.717) is 37.7 Å². The maximum absolute atomic E-state index is 12.5. The number of nitrogens with one attached hydrogen (secondary N) is 1. The zero-order valence-corrected chi connectivity index (χ0v) is 16.2. The fourth-order valence-corrected chi connectivity index (χ4v) is 4.41.